The van der Waals surface area contributed by atoms with Gasteiger partial charge in [-0.05, 0) is 61.0 Å². The third kappa shape index (κ3) is 3.47. The minimum Gasteiger partial charge on any atom is -0.507 e. The second-order valence-corrected chi connectivity index (χ2v) is 7.40. The van der Waals surface area contributed by atoms with Crippen molar-refractivity contribution in [3.05, 3.63) is 88.1 Å². The Balaban J connectivity index is 1.98. The number of carbonyl (C=O) groups is 2. The Kier molecular flexibility index (Phi) is 5.29. The van der Waals surface area contributed by atoms with Crippen molar-refractivity contribution in [2.75, 3.05) is 12.0 Å². The highest BCUT2D eigenvalue weighted by Crippen LogP contribution is 2.44. The number of aryl methyl sites for hydroxylation is 1. The van der Waals surface area contributed by atoms with E-state index in [4.69, 9.17) is 20.8 Å². The number of ether oxygens (including phenoxy) is 1. The van der Waals surface area contributed by atoms with Crippen LogP contribution in [-0.2, 0) is 9.59 Å². The van der Waals surface area contributed by atoms with E-state index in [2.05, 4.69) is 0 Å². The van der Waals surface area contributed by atoms with E-state index in [1.165, 1.54) is 24.3 Å². The lowest BCUT2D eigenvalue weighted by Crippen LogP contribution is -2.29. The summed E-state index contributed by atoms with van der Waals surface area (Å²) >= 11 is 6.04. The van der Waals surface area contributed by atoms with Crippen molar-refractivity contribution in [1.82, 2.24) is 0 Å². The molecule has 1 aliphatic rings. The average molecular weight is 442 g/mol. The third-order valence-corrected chi connectivity index (χ3v) is 5.33. The van der Waals surface area contributed by atoms with Crippen LogP contribution in [0, 0.1) is 12.7 Å². The minimum absolute atomic E-state index is 0.0510. The lowest BCUT2D eigenvalue weighted by molar-refractivity contribution is -0.132. The van der Waals surface area contributed by atoms with E-state index in [9.17, 15) is 19.1 Å². The van der Waals surface area contributed by atoms with Crippen LogP contribution in [0.4, 0.5) is 10.1 Å². The third-order valence-electron chi connectivity index (χ3n) is 5.09. The number of hydrogen-bond donors (Lipinski definition) is 1. The fourth-order valence-electron chi connectivity index (χ4n) is 3.70. The van der Waals surface area contributed by atoms with Crippen molar-refractivity contribution < 1.29 is 28.2 Å². The summed E-state index contributed by atoms with van der Waals surface area (Å²) in [6.45, 7) is 1.75. The molecule has 158 valence electrons. The topological polar surface area (TPSA) is 80.0 Å². The molecule has 1 fully saturated rings. The molecule has 0 saturated carbocycles. The number of rotatable bonds is 4. The molecule has 1 aliphatic heterocycles. The van der Waals surface area contributed by atoms with Gasteiger partial charge in [0.2, 0.25) is 0 Å². The molecule has 0 bridgehead atoms. The molecule has 1 amide bonds. The van der Waals surface area contributed by atoms with Crippen LogP contribution < -0.4 is 9.64 Å². The highest BCUT2D eigenvalue weighted by Gasteiger charge is 2.49. The van der Waals surface area contributed by atoms with Crippen molar-refractivity contribution in [3.63, 3.8) is 0 Å². The molecule has 0 spiro atoms. The Morgan fingerprint density at radius 3 is 2.61 bits per heavy atom. The Morgan fingerprint density at radius 1 is 1.19 bits per heavy atom. The number of aliphatic hydroxyl groups excluding tert-OH is 1. The van der Waals surface area contributed by atoms with Crippen LogP contribution in [0.3, 0.4) is 0 Å². The smallest absolute Gasteiger partial charge is 0.300 e. The van der Waals surface area contributed by atoms with E-state index in [0.29, 0.717) is 16.3 Å². The maximum absolute atomic E-state index is 13.9. The quantitative estimate of drug-likeness (QED) is 0.349. The van der Waals surface area contributed by atoms with Gasteiger partial charge >= 0.3 is 0 Å². The normalized spacial score (nSPS) is 17.9. The second kappa shape index (κ2) is 7.92. The number of Topliss-reactive ketones (excluding diaryl/α,β-unsaturated/α-hetero) is 1. The number of ketones is 1. The molecular weight excluding hydrogens is 425 g/mol. The number of aliphatic hydroxyl groups is 1. The first-order chi connectivity index (χ1) is 14.8. The molecule has 1 atom stereocenters. The summed E-state index contributed by atoms with van der Waals surface area (Å²) in [6.07, 6.45) is 1.40. The molecule has 31 heavy (non-hydrogen) atoms. The number of anilines is 1. The molecule has 2 heterocycles. The van der Waals surface area contributed by atoms with E-state index in [0.717, 1.165) is 12.1 Å². The summed E-state index contributed by atoms with van der Waals surface area (Å²) in [7, 11) is 1.35. The second-order valence-electron chi connectivity index (χ2n) is 6.96. The number of hydrogen-bond acceptors (Lipinski definition) is 5. The summed E-state index contributed by atoms with van der Waals surface area (Å²) in [5, 5.41) is 11.5. The number of nitrogens with zero attached hydrogens (tertiary/aromatic N) is 1. The Labute approximate surface area is 182 Å². The Hall–Kier alpha value is -3.58. The molecule has 1 saturated heterocycles. The van der Waals surface area contributed by atoms with Crippen LogP contribution in [0.25, 0.3) is 5.76 Å². The Bertz CT molecular complexity index is 1220. The van der Waals surface area contributed by atoms with Gasteiger partial charge in [-0.25, -0.2) is 4.39 Å². The fraction of sp³-hybridized carbons (Fsp3) is 0.130. The van der Waals surface area contributed by atoms with Crippen LogP contribution >= 0.6 is 11.6 Å². The zero-order valence-corrected chi connectivity index (χ0v) is 17.3. The van der Waals surface area contributed by atoms with E-state index >= 15 is 0 Å². The predicted octanol–water partition coefficient (Wildman–Crippen LogP) is 5.02. The van der Waals surface area contributed by atoms with Gasteiger partial charge in [-0.1, -0.05) is 11.6 Å². The number of halogens is 2. The first kappa shape index (κ1) is 20.7. The monoisotopic (exact) mass is 441 g/mol. The highest BCUT2D eigenvalue weighted by atomic mass is 35.5. The average Bonchev–Trinajstić information content (AvgIpc) is 3.35. The number of amides is 1. The number of benzene rings is 2. The largest absolute Gasteiger partial charge is 0.507 e. The van der Waals surface area contributed by atoms with Crippen molar-refractivity contribution in [2.24, 2.45) is 0 Å². The van der Waals surface area contributed by atoms with Crippen molar-refractivity contribution >= 4 is 34.7 Å². The first-order valence-electron chi connectivity index (χ1n) is 9.28. The molecular formula is C23H17ClFNO5. The van der Waals surface area contributed by atoms with Gasteiger partial charge in [0, 0.05) is 10.7 Å². The van der Waals surface area contributed by atoms with Crippen LogP contribution in [0.2, 0.25) is 5.02 Å². The number of methoxy groups -OCH3 is 1. The van der Waals surface area contributed by atoms with Crippen molar-refractivity contribution in [1.29, 1.82) is 0 Å². The van der Waals surface area contributed by atoms with E-state index < -0.39 is 29.3 Å². The molecule has 0 radical (unpaired) electrons. The zero-order chi connectivity index (χ0) is 22.3. The van der Waals surface area contributed by atoms with Gasteiger partial charge in [0.15, 0.2) is 0 Å². The summed E-state index contributed by atoms with van der Waals surface area (Å²) < 4.78 is 24.6. The lowest BCUT2D eigenvalue weighted by atomic mass is 9.98. The summed E-state index contributed by atoms with van der Waals surface area (Å²) in [4.78, 5) is 27.4. The predicted molar refractivity (Wildman–Crippen MR) is 113 cm³/mol. The van der Waals surface area contributed by atoms with Gasteiger partial charge in [0.1, 0.15) is 29.1 Å². The number of furan rings is 1. The number of carbonyl (C=O) groups excluding carboxylic acids is 2. The van der Waals surface area contributed by atoms with Gasteiger partial charge in [0.05, 0.1) is 24.5 Å². The van der Waals surface area contributed by atoms with Crippen molar-refractivity contribution in [3.8, 4) is 5.75 Å². The maximum Gasteiger partial charge on any atom is 0.300 e. The summed E-state index contributed by atoms with van der Waals surface area (Å²) in [6, 6.07) is 10.5. The molecule has 0 aliphatic carbocycles. The summed E-state index contributed by atoms with van der Waals surface area (Å²) in [5.74, 6) is -2.59. The van der Waals surface area contributed by atoms with Crippen LogP contribution in [-0.4, -0.2) is 23.9 Å². The lowest BCUT2D eigenvalue weighted by Gasteiger charge is -2.25. The molecule has 1 aromatic heterocycles. The SMILES string of the molecule is COc1ccc(F)cc1/C(O)=C1/C(=O)C(=O)N(c2ccc(Cl)cc2C)C1c1ccco1. The fourth-order valence-corrected chi connectivity index (χ4v) is 3.92. The summed E-state index contributed by atoms with van der Waals surface area (Å²) in [5.41, 5.74) is 0.788. The Morgan fingerprint density at radius 2 is 1.97 bits per heavy atom. The van der Waals surface area contributed by atoms with E-state index in [1.54, 1.807) is 37.3 Å². The van der Waals surface area contributed by atoms with E-state index in [1.807, 2.05) is 0 Å². The van der Waals surface area contributed by atoms with Gasteiger partial charge in [0.25, 0.3) is 11.7 Å². The molecule has 3 aromatic rings. The molecule has 1 unspecified atom stereocenters. The van der Waals surface area contributed by atoms with Gasteiger partial charge in [-0.2, -0.15) is 0 Å². The molecule has 6 nitrogen and oxygen atoms in total. The van der Waals surface area contributed by atoms with Crippen molar-refractivity contribution in [2.45, 2.75) is 13.0 Å². The standard InChI is InChI=1S/C23H17ClFNO5/c1-12-10-13(24)5-7-16(12)26-20(18-4-3-9-31-18)19(22(28)23(26)29)21(27)15-11-14(25)6-8-17(15)30-2/h3-11,20,27H,1-2H3/b21-19-. The van der Waals surface area contributed by atoms with Gasteiger partial charge in [-0.15, -0.1) is 0 Å². The molecule has 8 heteroatoms. The van der Waals surface area contributed by atoms with E-state index in [-0.39, 0.29) is 22.6 Å². The molecule has 4 rings (SSSR count). The van der Waals surface area contributed by atoms with Gasteiger partial charge < -0.3 is 14.3 Å². The molecule has 1 N–H and O–H groups in total. The molecule has 2 aromatic carbocycles. The minimum atomic E-state index is -1.07. The zero-order valence-electron chi connectivity index (χ0n) is 16.6. The van der Waals surface area contributed by atoms with Gasteiger partial charge in [-0.3, -0.25) is 14.5 Å². The maximum atomic E-state index is 13.9. The van der Waals surface area contributed by atoms with Crippen LogP contribution in [0.1, 0.15) is 22.9 Å². The van der Waals surface area contributed by atoms with Crippen LogP contribution in [0.5, 0.6) is 5.75 Å². The highest BCUT2D eigenvalue weighted by molar-refractivity contribution is 6.51. The van der Waals surface area contributed by atoms with Crippen LogP contribution in [0.15, 0.2) is 64.8 Å². The first-order valence-corrected chi connectivity index (χ1v) is 9.65.